The monoisotopic (exact) mass is 223 g/mol. The highest BCUT2D eigenvalue weighted by Gasteiger charge is 2.56. The molecule has 0 aromatic carbocycles. The fourth-order valence-electron chi connectivity index (χ4n) is 3.98. The van der Waals surface area contributed by atoms with Gasteiger partial charge in [-0.1, -0.05) is 19.3 Å². The maximum atomic E-state index is 5.94. The van der Waals surface area contributed by atoms with E-state index in [-0.39, 0.29) is 0 Å². The first-order chi connectivity index (χ1) is 7.85. The Hall–Kier alpha value is -0.0800. The molecule has 92 valence electrons. The molecule has 0 amide bonds. The van der Waals surface area contributed by atoms with Gasteiger partial charge in [-0.2, -0.15) is 0 Å². The predicted octanol–water partition coefficient (Wildman–Crippen LogP) is 2.87. The highest BCUT2D eigenvalue weighted by atomic mass is 16.5. The van der Waals surface area contributed by atoms with E-state index in [0.29, 0.717) is 11.5 Å². The summed E-state index contributed by atoms with van der Waals surface area (Å²) in [5, 5.41) is 3.89. The van der Waals surface area contributed by atoms with Crippen LogP contribution in [0.3, 0.4) is 0 Å². The minimum Gasteiger partial charge on any atom is -0.378 e. The molecule has 1 N–H and O–H groups in total. The van der Waals surface area contributed by atoms with Crippen LogP contribution < -0.4 is 5.32 Å². The number of ether oxygens (including phenoxy) is 1. The third kappa shape index (κ3) is 1.62. The first kappa shape index (κ1) is 11.0. The fourth-order valence-corrected chi connectivity index (χ4v) is 3.98. The van der Waals surface area contributed by atoms with E-state index in [9.17, 15) is 0 Å². The van der Waals surface area contributed by atoms with Crippen molar-refractivity contribution in [1.82, 2.24) is 5.32 Å². The molecule has 2 heteroatoms. The molecular weight excluding hydrogens is 198 g/mol. The van der Waals surface area contributed by atoms with Crippen LogP contribution in [0.25, 0.3) is 0 Å². The Balaban J connectivity index is 1.61. The summed E-state index contributed by atoms with van der Waals surface area (Å²) in [5.74, 6) is 0. The van der Waals surface area contributed by atoms with Gasteiger partial charge in [-0.15, -0.1) is 0 Å². The minimum absolute atomic E-state index is 0.533. The minimum atomic E-state index is 0.533. The first-order valence-electron chi connectivity index (χ1n) is 7.23. The average molecular weight is 223 g/mol. The van der Waals surface area contributed by atoms with Gasteiger partial charge in [0, 0.05) is 24.1 Å². The summed E-state index contributed by atoms with van der Waals surface area (Å²) in [4.78, 5) is 0. The van der Waals surface area contributed by atoms with Gasteiger partial charge in [0.1, 0.15) is 0 Å². The van der Waals surface area contributed by atoms with Crippen LogP contribution in [0.15, 0.2) is 0 Å². The molecule has 0 bridgehead atoms. The molecule has 3 fully saturated rings. The van der Waals surface area contributed by atoms with E-state index < -0.39 is 0 Å². The SMILES string of the molecule is CCOC1CC(NC2CCC2)C12CCCC2. The lowest BCUT2D eigenvalue weighted by molar-refractivity contribution is -0.134. The molecule has 16 heavy (non-hydrogen) atoms. The summed E-state index contributed by atoms with van der Waals surface area (Å²) in [6, 6.07) is 1.61. The van der Waals surface area contributed by atoms with Gasteiger partial charge in [-0.05, 0) is 39.0 Å². The Bertz CT molecular complexity index is 243. The molecule has 0 aromatic rings. The van der Waals surface area contributed by atoms with E-state index in [2.05, 4.69) is 12.2 Å². The summed E-state index contributed by atoms with van der Waals surface area (Å²) >= 11 is 0. The predicted molar refractivity (Wildman–Crippen MR) is 65.5 cm³/mol. The van der Waals surface area contributed by atoms with Gasteiger partial charge in [0.2, 0.25) is 0 Å². The van der Waals surface area contributed by atoms with E-state index in [4.69, 9.17) is 4.74 Å². The van der Waals surface area contributed by atoms with E-state index in [1.54, 1.807) is 0 Å². The van der Waals surface area contributed by atoms with Gasteiger partial charge in [-0.3, -0.25) is 0 Å². The second-order valence-electron chi connectivity index (χ2n) is 5.97. The molecule has 3 saturated carbocycles. The van der Waals surface area contributed by atoms with Crippen LogP contribution in [-0.4, -0.2) is 24.8 Å². The Morgan fingerprint density at radius 1 is 1.19 bits per heavy atom. The molecule has 2 nitrogen and oxygen atoms in total. The molecule has 2 atom stereocenters. The molecule has 2 unspecified atom stereocenters. The average Bonchev–Trinajstić information content (AvgIpc) is 2.71. The maximum absolute atomic E-state index is 5.94. The molecular formula is C14H25NO. The second-order valence-corrected chi connectivity index (χ2v) is 5.97. The van der Waals surface area contributed by atoms with Crippen molar-refractivity contribution in [2.45, 2.75) is 76.5 Å². The van der Waals surface area contributed by atoms with Gasteiger partial charge in [0.15, 0.2) is 0 Å². The molecule has 3 rings (SSSR count). The molecule has 1 spiro atoms. The standard InChI is InChI=1S/C14H25NO/c1-2-16-13-10-12(15-11-6-5-7-11)14(13)8-3-4-9-14/h11-13,15H,2-10H2,1H3. The van der Waals surface area contributed by atoms with Crippen molar-refractivity contribution in [2.75, 3.05) is 6.61 Å². The van der Waals surface area contributed by atoms with Gasteiger partial charge >= 0.3 is 0 Å². The van der Waals surface area contributed by atoms with E-state index >= 15 is 0 Å². The zero-order valence-electron chi connectivity index (χ0n) is 10.5. The lowest BCUT2D eigenvalue weighted by Gasteiger charge is -2.56. The van der Waals surface area contributed by atoms with Crippen LogP contribution in [0.2, 0.25) is 0 Å². The van der Waals surface area contributed by atoms with Gasteiger partial charge < -0.3 is 10.1 Å². The van der Waals surface area contributed by atoms with Crippen molar-refractivity contribution in [3.63, 3.8) is 0 Å². The molecule has 0 heterocycles. The van der Waals surface area contributed by atoms with Crippen LogP contribution in [0.1, 0.15) is 58.3 Å². The molecule has 0 radical (unpaired) electrons. The Morgan fingerprint density at radius 2 is 1.94 bits per heavy atom. The summed E-state index contributed by atoms with van der Waals surface area (Å²) in [6.45, 7) is 3.03. The van der Waals surface area contributed by atoms with Crippen LogP contribution in [0.4, 0.5) is 0 Å². The summed E-state index contributed by atoms with van der Waals surface area (Å²) in [7, 11) is 0. The van der Waals surface area contributed by atoms with Crippen molar-refractivity contribution in [1.29, 1.82) is 0 Å². The number of hydrogen-bond acceptors (Lipinski definition) is 2. The topological polar surface area (TPSA) is 21.3 Å². The lowest BCUT2D eigenvalue weighted by Crippen LogP contribution is -2.65. The fraction of sp³-hybridized carbons (Fsp3) is 1.00. The van der Waals surface area contributed by atoms with Crippen LogP contribution in [-0.2, 0) is 4.74 Å². The van der Waals surface area contributed by atoms with Crippen LogP contribution in [0, 0.1) is 5.41 Å². The van der Waals surface area contributed by atoms with Crippen molar-refractivity contribution < 1.29 is 4.74 Å². The Labute approximate surface area is 99.1 Å². The second kappa shape index (κ2) is 4.30. The zero-order chi connectivity index (χ0) is 11.0. The molecule has 0 aromatic heterocycles. The molecule has 3 aliphatic carbocycles. The molecule has 0 saturated heterocycles. The summed E-state index contributed by atoms with van der Waals surface area (Å²) in [5.41, 5.74) is 0.533. The maximum Gasteiger partial charge on any atom is 0.0661 e. The normalized spacial score (nSPS) is 37.3. The van der Waals surface area contributed by atoms with E-state index in [1.165, 1.54) is 51.4 Å². The Morgan fingerprint density at radius 3 is 2.50 bits per heavy atom. The van der Waals surface area contributed by atoms with Gasteiger partial charge in [0.25, 0.3) is 0 Å². The highest BCUT2D eigenvalue weighted by molar-refractivity contribution is 5.10. The van der Waals surface area contributed by atoms with Gasteiger partial charge in [-0.25, -0.2) is 0 Å². The third-order valence-electron chi connectivity index (χ3n) is 5.23. The number of nitrogens with one attached hydrogen (secondary N) is 1. The van der Waals surface area contributed by atoms with Crippen molar-refractivity contribution in [3.05, 3.63) is 0 Å². The highest BCUT2D eigenvalue weighted by Crippen LogP contribution is 2.55. The number of rotatable bonds is 4. The molecule has 0 aliphatic heterocycles. The van der Waals surface area contributed by atoms with Crippen molar-refractivity contribution in [2.24, 2.45) is 5.41 Å². The van der Waals surface area contributed by atoms with E-state index in [0.717, 1.165) is 18.7 Å². The largest absolute Gasteiger partial charge is 0.378 e. The first-order valence-corrected chi connectivity index (χ1v) is 7.23. The Kier molecular flexibility index (Phi) is 2.97. The number of hydrogen-bond donors (Lipinski definition) is 1. The third-order valence-corrected chi connectivity index (χ3v) is 5.23. The molecule has 3 aliphatic rings. The smallest absolute Gasteiger partial charge is 0.0661 e. The van der Waals surface area contributed by atoms with E-state index in [1.807, 2.05) is 0 Å². The van der Waals surface area contributed by atoms with Crippen LogP contribution in [0.5, 0.6) is 0 Å². The van der Waals surface area contributed by atoms with Crippen molar-refractivity contribution in [3.8, 4) is 0 Å². The lowest BCUT2D eigenvalue weighted by atomic mass is 9.60. The summed E-state index contributed by atoms with van der Waals surface area (Å²) in [6.07, 6.45) is 11.7. The van der Waals surface area contributed by atoms with Gasteiger partial charge in [0.05, 0.1) is 6.10 Å². The quantitative estimate of drug-likeness (QED) is 0.791. The zero-order valence-corrected chi connectivity index (χ0v) is 10.5. The van der Waals surface area contributed by atoms with Crippen molar-refractivity contribution >= 4 is 0 Å². The summed E-state index contributed by atoms with van der Waals surface area (Å²) < 4.78 is 5.94. The van der Waals surface area contributed by atoms with Crippen LogP contribution >= 0.6 is 0 Å².